The van der Waals surface area contributed by atoms with Crippen molar-refractivity contribution in [3.63, 3.8) is 0 Å². The highest BCUT2D eigenvalue weighted by Gasteiger charge is 2.42. The molecule has 0 bridgehead atoms. The zero-order valence-corrected chi connectivity index (χ0v) is 23.7. The molecule has 0 aliphatic carbocycles. The van der Waals surface area contributed by atoms with Crippen LogP contribution in [0.1, 0.15) is 41.3 Å². The SMILES string of the molecule is Cl.Cl.Oc1ccc(-n2nnnc2C(F)(F)F)cc1CN1C[C@@H]2CCCN2[C@H](C(c2ccccc2)c2ccccc2)C1. The molecule has 41 heavy (non-hydrogen) atoms. The fraction of sp³-hybridized carbons (Fsp3) is 0.345. The van der Waals surface area contributed by atoms with Crippen LogP contribution < -0.4 is 0 Å². The third-order valence-corrected chi connectivity index (χ3v) is 7.89. The van der Waals surface area contributed by atoms with Gasteiger partial charge < -0.3 is 5.11 Å². The predicted molar refractivity (Wildman–Crippen MR) is 154 cm³/mol. The molecule has 3 heterocycles. The van der Waals surface area contributed by atoms with Gasteiger partial charge in [-0.25, -0.2) is 0 Å². The Hall–Kier alpha value is -3.18. The van der Waals surface area contributed by atoms with Crippen molar-refractivity contribution < 1.29 is 18.3 Å². The van der Waals surface area contributed by atoms with Crippen molar-refractivity contribution in [2.45, 2.75) is 43.6 Å². The van der Waals surface area contributed by atoms with E-state index in [0.29, 0.717) is 22.8 Å². The summed E-state index contributed by atoms with van der Waals surface area (Å²) in [5.74, 6) is -1.01. The molecule has 0 saturated carbocycles. The summed E-state index contributed by atoms with van der Waals surface area (Å²) in [6.07, 6.45) is -2.47. The van der Waals surface area contributed by atoms with Crippen molar-refractivity contribution in [3.8, 4) is 11.4 Å². The average Bonchev–Trinajstić information content (AvgIpc) is 3.62. The normalized spacial score (nSPS) is 19.4. The Morgan fingerprint density at radius 1 is 0.902 bits per heavy atom. The number of phenols is 1. The van der Waals surface area contributed by atoms with Crippen molar-refractivity contribution in [3.05, 3.63) is 101 Å². The molecule has 6 rings (SSSR count). The van der Waals surface area contributed by atoms with E-state index in [1.807, 2.05) is 12.1 Å². The van der Waals surface area contributed by atoms with Crippen LogP contribution in [0.5, 0.6) is 5.75 Å². The molecule has 2 aliphatic heterocycles. The van der Waals surface area contributed by atoms with E-state index < -0.39 is 12.0 Å². The summed E-state index contributed by atoms with van der Waals surface area (Å²) in [5, 5.41) is 20.6. The number of aromatic nitrogens is 4. The number of benzene rings is 3. The third kappa shape index (κ3) is 6.35. The van der Waals surface area contributed by atoms with Crippen molar-refractivity contribution in [2.75, 3.05) is 19.6 Å². The minimum atomic E-state index is -4.70. The molecule has 2 atom stereocenters. The van der Waals surface area contributed by atoms with Crippen molar-refractivity contribution >= 4 is 24.8 Å². The zero-order chi connectivity index (χ0) is 27.0. The molecule has 7 nitrogen and oxygen atoms in total. The first kappa shape index (κ1) is 30.8. The van der Waals surface area contributed by atoms with Gasteiger partial charge in [0.2, 0.25) is 0 Å². The smallest absolute Gasteiger partial charge is 0.453 e. The van der Waals surface area contributed by atoms with Crippen molar-refractivity contribution in [2.24, 2.45) is 0 Å². The quantitative estimate of drug-likeness (QED) is 0.303. The van der Waals surface area contributed by atoms with E-state index in [4.69, 9.17) is 0 Å². The maximum absolute atomic E-state index is 13.4. The number of tetrazole rings is 1. The Bertz CT molecular complexity index is 1380. The second kappa shape index (κ2) is 12.8. The van der Waals surface area contributed by atoms with Gasteiger partial charge in [0, 0.05) is 43.2 Å². The lowest BCUT2D eigenvalue weighted by atomic mass is 9.82. The van der Waals surface area contributed by atoms with Crippen LogP contribution in [0.15, 0.2) is 78.9 Å². The number of phenolic OH excluding ortho intramolecular Hbond substituents is 1. The van der Waals surface area contributed by atoms with Crippen molar-refractivity contribution in [1.29, 1.82) is 0 Å². The molecule has 0 radical (unpaired) electrons. The molecule has 2 saturated heterocycles. The fourth-order valence-electron chi connectivity index (χ4n) is 6.23. The van der Waals surface area contributed by atoms with E-state index in [1.165, 1.54) is 23.3 Å². The second-order valence-electron chi connectivity index (χ2n) is 10.3. The molecule has 12 heteroatoms. The summed E-state index contributed by atoms with van der Waals surface area (Å²) < 4.78 is 40.9. The molecule has 1 N–H and O–H groups in total. The highest BCUT2D eigenvalue weighted by atomic mass is 35.5. The summed E-state index contributed by atoms with van der Waals surface area (Å²) in [4.78, 5) is 4.95. The van der Waals surface area contributed by atoms with E-state index in [9.17, 15) is 18.3 Å². The molecular weight excluding hydrogens is 576 g/mol. The predicted octanol–water partition coefficient (Wildman–Crippen LogP) is 5.71. The summed E-state index contributed by atoms with van der Waals surface area (Å²) in [5.41, 5.74) is 3.20. The lowest BCUT2D eigenvalue weighted by molar-refractivity contribution is -0.146. The number of piperazine rings is 1. The molecule has 4 aromatic rings. The molecule has 218 valence electrons. The van der Waals surface area contributed by atoms with Gasteiger partial charge in [0.1, 0.15) is 5.75 Å². The first-order valence-electron chi connectivity index (χ1n) is 13.1. The van der Waals surface area contributed by atoms with Crippen LogP contribution in [0.3, 0.4) is 0 Å². The summed E-state index contributed by atoms with van der Waals surface area (Å²) in [6.45, 7) is 3.03. The molecule has 2 fully saturated rings. The van der Waals surface area contributed by atoms with Gasteiger partial charge in [-0.1, -0.05) is 60.7 Å². The molecule has 0 amide bonds. The minimum absolute atomic E-state index is 0. The number of nitrogens with zero attached hydrogens (tertiary/aromatic N) is 6. The number of aromatic hydroxyl groups is 1. The highest BCUT2D eigenvalue weighted by Crippen LogP contribution is 2.38. The average molecular weight is 608 g/mol. The van der Waals surface area contributed by atoms with Crippen LogP contribution in [-0.2, 0) is 12.7 Å². The number of alkyl halides is 3. The molecule has 0 unspecified atom stereocenters. The van der Waals surface area contributed by atoms with Gasteiger partial charge in [0.05, 0.1) is 5.69 Å². The van der Waals surface area contributed by atoms with Gasteiger partial charge in [-0.2, -0.15) is 17.9 Å². The van der Waals surface area contributed by atoms with E-state index >= 15 is 0 Å². The van der Waals surface area contributed by atoms with Crippen LogP contribution in [0.4, 0.5) is 13.2 Å². The standard InChI is InChI=1S/C29H29F3N6O.2ClH/c30-29(31,32)28-33-34-35-38(28)23-13-14-26(39)22(16-23)17-36-18-24-12-7-15-37(24)25(19-36)27(20-8-3-1-4-9-20)21-10-5-2-6-11-21;;/h1-6,8-11,13-14,16,24-25,27,39H,7,12,15,17-19H2;2*1H/t24-,25-;;/m0../s1. The lowest BCUT2D eigenvalue weighted by Crippen LogP contribution is -2.57. The number of rotatable bonds is 6. The Balaban J connectivity index is 0.00000194. The van der Waals surface area contributed by atoms with Gasteiger partial charge in [-0.3, -0.25) is 9.80 Å². The summed E-state index contributed by atoms with van der Waals surface area (Å²) >= 11 is 0. The van der Waals surface area contributed by atoms with Crippen LogP contribution in [0.2, 0.25) is 0 Å². The van der Waals surface area contributed by atoms with E-state index in [0.717, 1.165) is 32.5 Å². The van der Waals surface area contributed by atoms with Gasteiger partial charge in [0.25, 0.3) is 5.82 Å². The van der Waals surface area contributed by atoms with E-state index in [-0.39, 0.29) is 48.2 Å². The van der Waals surface area contributed by atoms with Crippen LogP contribution in [0.25, 0.3) is 5.69 Å². The van der Waals surface area contributed by atoms with Crippen molar-refractivity contribution in [1.82, 2.24) is 30.0 Å². The third-order valence-electron chi connectivity index (χ3n) is 7.89. The topological polar surface area (TPSA) is 70.3 Å². The van der Waals surface area contributed by atoms with E-state index in [1.54, 1.807) is 6.07 Å². The zero-order valence-electron chi connectivity index (χ0n) is 22.1. The Morgan fingerprint density at radius 2 is 1.56 bits per heavy atom. The molecule has 2 aliphatic rings. The number of fused-ring (bicyclic) bond motifs is 1. The molecular formula is C29H31Cl2F3N6O. The van der Waals surface area contributed by atoms with Gasteiger partial charge in [-0.15, -0.1) is 29.9 Å². The van der Waals surface area contributed by atoms with Crippen LogP contribution in [-0.4, -0.2) is 66.8 Å². The molecule has 3 aromatic carbocycles. The first-order valence-corrected chi connectivity index (χ1v) is 13.1. The minimum Gasteiger partial charge on any atom is -0.508 e. The largest absolute Gasteiger partial charge is 0.508 e. The Morgan fingerprint density at radius 3 is 2.20 bits per heavy atom. The lowest BCUT2D eigenvalue weighted by Gasteiger charge is -2.47. The highest BCUT2D eigenvalue weighted by molar-refractivity contribution is 5.85. The number of hydrogen-bond donors (Lipinski definition) is 1. The first-order chi connectivity index (χ1) is 18.9. The number of hydrogen-bond acceptors (Lipinski definition) is 6. The maximum Gasteiger partial charge on any atom is 0.453 e. The monoisotopic (exact) mass is 606 g/mol. The number of halogens is 5. The van der Waals surface area contributed by atoms with E-state index in [2.05, 4.69) is 73.9 Å². The molecule has 1 aromatic heterocycles. The molecule has 0 spiro atoms. The van der Waals surface area contributed by atoms with Crippen LogP contribution in [0, 0.1) is 0 Å². The summed E-state index contributed by atoms with van der Waals surface area (Å²) in [6, 6.07) is 26.0. The van der Waals surface area contributed by atoms with Gasteiger partial charge in [-0.05, 0) is 59.1 Å². The summed E-state index contributed by atoms with van der Waals surface area (Å²) in [7, 11) is 0. The second-order valence-corrected chi connectivity index (χ2v) is 10.3. The van der Waals surface area contributed by atoms with Gasteiger partial charge in [0.15, 0.2) is 0 Å². The Labute approximate surface area is 248 Å². The Kier molecular flexibility index (Phi) is 9.59. The van der Waals surface area contributed by atoms with Gasteiger partial charge >= 0.3 is 6.18 Å². The maximum atomic E-state index is 13.4. The fourth-order valence-corrected chi connectivity index (χ4v) is 6.23. The van der Waals surface area contributed by atoms with Crippen LogP contribution >= 0.6 is 24.8 Å².